The standard InChI is InChI=1S/C17H30BrNO4SSi/c1-16(2,3)25(7,8)23-17(4,5)11-15(22-24(6,20)21)14-10-9-13(18)12-19-14/h9-10,12,15H,11H2,1-8H3. The topological polar surface area (TPSA) is 65.5 Å². The lowest BCUT2D eigenvalue weighted by atomic mass is 9.99. The lowest BCUT2D eigenvalue weighted by molar-refractivity contribution is 0.0375. The Bertz CT molecular complexity index is 682. The van der Waals surface area contributed by atoms with Crippen molar-refractivity contribution in [2.75, 3.05) is 6.26 Å². The van der Waals surface area contributed by atoms with E-state index in [1.807, 2.05) is 19.9 Å². The van der Waals surface area contributed by atoms with Crippen LogP contribution in [0.25, 0.3) is 0 Å². The molecule has 5 nitrogen and oxygen atoms in total. The van der Waals surface area contributed by atoms with Crippen molar-refractivity contribution in [2.24, 2.45) is 0 Å². The van der Waals surface area contributed by atoms with E-state index in [0.29, 0.717) is 12.1 Å². The molecule has 0 radical (unpaired) electrons. The molecule has 8 heteroatoms. The molecule has 0 aliphatic heterocycles. The van der Waals surface area contributed by atoms with E-state index in [4.69, 9.17) is 8.61 Å². The largest absolute Gasteiger partial charge is 0.412 e. The van der Waals surface area contributed by atoms with Crippen LogP contribution < -0.4 is 0 Å². The second-order valence-electron chi connectivity index (χ2n) is 8.52. The van der Waals surface area contributed by atoms with Crippen LogP contribution in [0.2, 0.25) is 18.1 Å². The van der Waals surface area contributed by atoms with Gasteiger partial charge in [-0.1, -0.05) is 20.8 Å². The van der Waals surface area contributed by atoms with Crippen LogP contribution >= 0.6 is 15.9 Å². The number of hydrogen-bond acceptors (Lipinski definition) is 5. The van der Waals surface area contributed by atoms with Gasteiger partial charge in [0.2, 0.25) is 0 Å². The smallest absolute Gasteiger partial charge is 0.265 e. The Kier molecular flexibility index (Phi) is 7.06. The van der Waals surface area contributed by atoms with Crippen molar-refractivity contribution in [3.05, 3.63) is 28.5 Å². The Morgan fingerprint density at radius 3 is 2.16 bits per heavy atom. The molecule has 25 heavy (non-hydrogen) atoms. The van der Waals surface area contributed by atoms with Crippen molar-refractivity contribution in [2.45, 2.75) is 70.9 Å². The maximum absolute atomic E-state index is 11.7. The monoisotopic (exact) mass is 451 g/mol. The van der Waals surface area contributed by atoms with Gasteiger partial charge in [0, 0.05) is 17.1 Å². The van der Waals surface area contributed by atoms with Crippen LogP contribution in [0, 0.1) is 0 Å². The maximum atomic E-state index is 11.7. The second kappa shape index (κ2) is 7.76. The summed E-state index contributed by atoms with van der Waals surface area (Å²) in [6.45, 7) is 14.8. The van der Waals surface area contributed by atoms with Gasteiger partial charge in [0.25, 0.3) is 10.1 Å². The average molecular weight is 452 g/mol. The van der Waals surface area contributed by atoms with Crippen LogP contribution in [0.15, 0.2) is 22.8 Å². The fourth-order valence-corrected chi connectivity index (χ4v) is 4.90. The van der Waals surface area contributed by atoms with Gasteiger partial charge < -0.3 is 4.43 Å². The Balaban J connectivity index is 3.09. The Labute approximate surface area is 161 Å². The average Bonchev–Trinajstić information content (AvgIpc) is 2.33. The molecule has 1 atom stereocenters. The predicted molar refractivity (Wildman–Crippen MR) is 108 cm³/mol. The number of nitrogens with zero attached hydrogens (tertiary/aromatic N) is 1. The van der Waals surface area contributed by atoms with E-state index in [9.17, 15) is 8.42 Å². The molecule has 0 amide bonds. The first-order valence-electron chi connectivity index (χ1n) is 8.22. The van der Waals surface area contributed by atoms with Crippen LogP contribution in [0.3, 0.4) is 0 Å². The molecule has 0 spiro atoms. The van der Waals surface area contributed by atoms with Gasteiger partial charge in [0.05, 0.1) is 17.6 Å². The number of aromatic nitrogens is 1. The summed E-state index contributed by atoms with van der Waals surface area (Å²) in [6.07, 6.45) is 2.39. The van der Waals surface area contributed by atoms with E-state index >= 15 is 0 Å². The normalized spacial score (nSPS) is 15.2. The molecule has 0 aliphatic carbocycles. The molecule has 0 saturated carbocycles. The summed E-state index contributed by atoms with van der Waals surface area (Å²) in [5, 5.41) is 0.0628. The zero-order valence-electron chi connectivity index (χ0n) is 16.4. The second-order valence-corrected chi connectivity index (χ2v) is 15.8. The van der Waals surface area contributed by atoms with E-state index in [1.165, 1.54) is 0 Å². The summed E-state index contributed by atoms with van der Waals surface area (Å²) in [7, 11) is -5.63. The van der Waals surface area contributed by atoms with Crippen LogP contribution in [0.4, 0.5) is 0 Å². The predicted octanol–water partition coefficient (Wildman–Crippen LogP) is 5.05. The van der Waals surface area contributed by atoms with Crippen LogP contribution in [0.5, 0.6) is 0 Å². The fourth-order valence-electron chi connectivity index (χ4n) is 2.31. The first-order valence-corrected chi connectivity index (χ1v) is 13.7. The minimum Gasteiger partial charge on any atom is -0.412 e. The Morgan fingerprint density at radius 1 is 1.20 bits per heavy atom. The summed E-state index contributed by atoms with van der Waals surface area (Å²) >= 11 is 3.34. The minimum atomic E-state index is -3.62. The highest BCUT2D eigenvalue weighted by molar-refractivity contribution is 9.10. The maximum Gasteiger partial charge on any atom is 0.265 e. The molecule has 0 aromatic carbocycles. The van der Waals surface area contributed by atoms with Gasteiger partial charge in [-0.3, -0.25) is 9.17 Å². The summed E-state index contributed by atoms with van der Waals surface area (Å²) < 4.78 is 36.1. The molecule has 1 heterocycles. The lowest BCUT2D eigenvalue weighted by Crippen LogP contribution is -2.48. The number of hydrogen-bond donors (Lipinski definition) is 0. The molecule has 0 aliphatic rings. The molecule has 0 bridgehead atoms. The third kappa shape index (κ3) is 7.46. The van der Waals surface area contributed by atoms with Crippen molar-refractivity contribution < 1.29 is 17.0 Å². The van der Waals surface area contributed by atoms with Gasteiger partial charge in [0.1, 0.15) is 6.10 Å². The van der Waals surface area contributed by atoms with Gasteiger partial charge in [0.15, 0.2) is 8.32 Å². The van der Waals surface area contributed by atoms with E-state index in [1.54, 1.807) is 12.3 Å². The highest BCUT2D eigenvalue weighted by Crippen LogP contribution is 2.41. The van der Waals surface area contributed by atoms with Gasteiger partial charge in [-0.2, -0.15) is 8.42 Å². The summed E-state index contributed by atoms with van der Waals surface area (Å²) in [5.41, 5.74) is 0.0214. The highest BCUT2D eigenvalue weighted by Gasteiger charge is 2.42. The van der Waals surface area contributed by atoms with Gasteiger partial charge >= 0.3 is 0 Å². The molecule has 0 fully saturated rings. The summed E-state index contributed by atoms with van der Waals surface area (Å²) in [4.78, 5) is 4.31. The number of rotatable bonds is 7. The summed E-state index contributed by atoms with van der Waals surface area (Å²) in [5.74, 6) is 0. The van der Waals surface area contributed by atoms with Crippen LogP contribution in [-0.2, 0) is 18.7 Å². The Hall–Kier alpha value is -0.283. The zero-order chi connectivity index (χ0) is 19.7. The van der Waals surface area contributed by atoms with E-state index in [2.05, 4.69) is 54.8 Å². The molecule has 1 aromatic heterocycles. The quantitative estimate of drug-likeness (QED) is 0.428. The SMILES string of the molecule is CC(C)(CC(OS(C)(=O)=O)c1ccc(Br)cn1)O[Si](C)(C)C(C)(C)C. The van der Waals surface area contributed by atoms with E-state index in [-0.39, 0.29) is 5.04 Å². The molecular formula is C17H30BrNO4SSi. The van der Waals surface area contributed by atoms with Crippen molar-refractivity contribution in [1.29, 1.82) is 0 Å². The Morgan fingerprint density at radius 2 is 1.76 bits per heavy atom. The molecule has 1 unspecified atom stereocenters. The molecule has 1 rings (SSSR count). The first-order chi connectivity index (χ1) is 11.0. The van der Waals surface area contributed by atoms with E-state index in [0.717, 1.165) is 10.7 Å². The van der Waals surface area contributed by atoms with Gasteiger partial charge in [-0.25, -0.2) is 0 Å². The third-order valence-electron chi connectivity index (χ3n) is 4.39. The van der Waals surface area contributed by atoms with Crippen LogP contribution in [-0.4, -0.2) is 33.6 Å². The molecule has 0 N–H and O–H groups in total. The van der Waals surface area contributed by atoms with Crippen molar-refractivity contribution in [3.63, 3.8) is 0 Å². The first kappa shape index (κ1) is 22.8. The molecule has 1 aromatic rings. The zero-order valence-corrected chi connectivity index (χ0v) is 19.8. The van der Waals surface area contributed by atoms with E-state index < -0.39 is 30.1 Å². The third-order valence-corrected chi connectivity index (χ3v) is 10.1. The van der Waals surface area contributed by atoms with Crippen molar-refractivity contribution in [3.8, 4) is 0 Å². The van der Waals surface area contributed by atoms with Gasteiger partial charge in [-0.05, 0) is 60.0 Å². The molecule has 144 valence electrons. The minimum absolute atomic E-state index is 0.0628. The highest BCUT2D eigenvalue weighted by atomic mass is 79.9. The lowest BCUT2D eigenvalue weighted by Gasteiger charge is -2.43. The summed E-state index contributed by atoms with van der Waals surface area (Å²) in [6, 6.07) is 3.59. The molecular weight excluding hydrogens is 422 g/mol. The van der Waals surface area contributed by atoms with Crippen LogP contribution in [0.1, 0.15) is 52.8 Å². The fraction of sp³-hybridized carbons (Fsp3) is 0.706. The number of halogens is 1. The van der Waals surface area contributed by atoms with Gasteiger partial charge in [-0.15, -0.1) is 0 Å². The van der Waals surface area contributed by atoms with Crippen molar-refractivity contribution >= 4 is 34.4 Å². The number of pyridine rings is 1. The van der Waals surface area contributed by atoms with Crippen molar-refractivity contribution in [1.82, 2.24) is 4.98 Å². The molecule has 0 saturated heterocycles.